The molecule has 0 aliphatic rings. The fourth-order valence-corrected chi connectivity index (χ4v) is 1.38. The highest BCUT2D eigenvalue weighted by Crippen LogP contribution is 2.23. The fraction of sp³-hybridized carbons (Fsp3) is 0.636. The van der Waals surface area contributed by atoms with Gasteiger partial charge >= 0.3 is 0 Å². The molecule has 0 aliphatic carbocycles. The van der Waals surface area contributed by atoms with E-state index in [0.29, 0.717) is 5.92 Å². The van der Waals surface area contributed by atoms with Crippen molar-refractivity contribution in [3.05, 3.63) is 17.2 Å². The SMILES string of the molecule is Cc1[nH]c(C(C)(C)C#N)nc1C(C)C. The van der Waals surface area contributed by atoms with E-state index in [9.17, 15) is 0 Å². The highest BCUT2D eigenvalue weighted by atomic mass is 15.0. The molecule has 76 valence electrons. The first kappa shape index (κ1) is 10.8. The second-order valence-electron chi connectivity index (χ2n) is 4.49. The topological polar surface area (TPSA) is 52.5 Å². The summed E-state index contributed by atoms with van der Waals surface area (Å²) in [6.45, 7) is 9.95. The van der Waals surface area contributed by atoms with Gasteiger partial charge in [0, 0.05) is 5.69 Å². The van der Waals surface area contributed by atoms with Crippen molar-refractivity contribution in [3.63, 3.8) is 0 Å². The molecule has 0 aromatic carbocycles. The second kappa shape index (κ2) is 3.45. The zero-order valence-corrected chi connectivity index (χ0v) is 9.47. The molecule has 14 heavy (non-hydrogen) atoms. The number of aromatic nitrogens is 2. The van der Waals surface area contributed by atoms with Crippen molar-refractivity contribution in [1.82, 2.24) is 9.97 Å². The average Bonchev–Trinajstić information content (AvgIpc) is 2.48. The molecule has 0 aliphatic heterocycles. The minimum atomic E-state index is -0.530. The summed E-state index contributed by atoms with van der Waals surface area (Å²) in [7, 11) is 0. The van der Waals surface area contributed by atoms with Gasteiger partial charge in [0.25, 0.3) is 0 Å². The van der Waals surface area contributed by atoms with Gasteiger partial charge in [-0.2, -0.15) is 5.26 Å². The quantitative estimate of drug-likeness (QED) is 0.781. The maximum absolute atomic E-state index is 8.98. The standard InChI is InChI=1S/C11H17N3/c1-7(2)9-8(3)13-10(14-9)11(4,5)6-12/h7H,1-5H3,(H,13,14). The third-order valence-corrected chi connectivity index (χ3v) is 2.34. The van der Waals surface area contributed by atoms with Crippen molar-refractivity contribution in [2.45, 2.75) is 46.0 Å². The molecular weight excluding hydrogens is 174 g/mol. The number of imidazole rings is 1. The van der Waals surface area contributed by atoms with Crippen LogP contribution in [0.1, 0.15) is 50.8 Å². The molecule has 0 fully saturated rings. The Labute approximate surface area is 85.2 Å². The highest BCUT2D eigenvalue weighted by molar-refractivity contribution is 5.24. The second-order valence-corrected chi connectivity index (χ2v) is 4.49. The fourth-order valence-electron chi connectivity index (χ4n) is 1.38. The van der Waals surface area contributed by atoms with Gasteiger partial charge in [0.1, 0.15) is 11.2 Å². The van der Waals surface area contributed by atoms with Gasteiger partial charge in [0.2, 0.25) is 0 Å². The molecule has 0 atom stereocenters. The Kier molecular flexibility index (Phi) is 2.66. The molecule has 0 unspecified atom stereocenters. The lowest BCUT2D eigenvalue weighted by atomic mass is 9.95. The number of aryl methyl sites for hydroxylation is 1. The first-order chi connectivity index (χ1) is 6.38. The Morgan fingerprint density at radius 2 is 2.00 bits per heavy atom. The normalized spacial score (nSPS) is 11.8. The highest BCUT2D eigenvalue weighted by Gasteiger charge is 2.25. The van der Waals surface area contributed by atoms with Gasteiger partial charge in [0.05, 0.1) is 11.8 Å². The predicted molar refractivity (Wildman–Crippen MR) is 56.1 cm³/mol. The summed E-state index contributed by atoms with van der Waals surface area (Å²) in [6, 6.07) is 2.24. The van der Waals surface area contributed by atoms with Crippen LogP contribution >= 0.6 is 0 Å². The number of H-pyrrole nitrogens is 1. The van der Waals surface area contributed by atoms with E-state index in [1.807, 2.05) is 20.8 Å². The van der Waals surface area contributed by atoms with Gasteiger partial charge in [-0.15, -0.1) is 0 Å². The van der Waals surface area contributed by atoms with Crippen molar-refractivity contribution >= 4 is 0 Å². The van der Waals surface area contributed by atoms with Crippen molar-refractivity contribution < 1.29 is 0 Å². The maximum atomic E-state index is 8.98. The molecule has 0 saturated carbocycles. The molecule has 1 aromatic heterocycles. The zero-order chi connectivity index (χ0) is 10.9. The molecule has 1 heterocycles. The van der Waals surface area contributed by atoms with E-state index < -0.39 is 5.41 Å². The minimum Gasteiger partial charge on any atom is -0.345 e. The van der Waals surface area contributed by atoms with Gasteiger partial charge in [-0.05, 0) is 26.7 Å². The Bertz CT molecular complexity index is 366. The largest absolute Gasteiger partial charge is 0.345 e. The summed E-state index contributed by atoms with van der Waals surface area (Å²) < 4.78 is 0. The van der Waals surface area contributed by atoms with E-state index in [2.05, 4.69) is 29.9 Å². The van der Waals surface area contributed by atoms with Crippen LogP contribution in [0.2, 0.25) is 0 Å². The number of hydrogen-bond donors (Lipinski definition) is 1. The predicted octanol–water partition coefficient (Wildman–Crippen LogP) is 2.64. The Morgan fingerprint density at radius 1 is 1.43 bits per heavy atom. The Hall–Kier alpha value is -1.30. The van der Waals surface area contributed by atoms with Crippen molar-refractivity contribution in [3.8, 4) is 6.07 Å². The molecule has 0 radical (unpaired) electrons. The van der Waals surface area contributed by atoms with E-state index in [4.69, 9.17) is 5.26 Å². The Morgan fingerprint density at radius 3 is 2.36 bits per heavy atom. The summed E-state index contributed by atoms with van der Waals surface area (Å²) in [6.07, 6.45) is 0. The van der Waals surface area contributed by atoms with Crippen LogP contribution in [-0.2, 0) is 5.41 Å². The van der Waals surface area contributed by atoms with Gasteiger partial charge in [-0.25, -0.2) is 4.98 Å². The molecule has 0 amide bonds. The van der Waals surface area contributed by atoms with Gasteiger partial charge in [-0.1, -0.05) is 13.8 Å². The maximum Gasteiger partial charge on any atom is 0.126 e. The lowest BCUT2D eigenvalue weighted by Crippen LogP contribution is -2.16. The lowest BCUT2D eigenvalue weighted by molar-refractivity contribution is 0.634. The molecule has 1 rings (SSSR count). The van der Waals surface area contributed by atoms with Crippen LogP contribution in [0.5, 0.6) is 0 Å². The lowest BCUT2D eigenvalue weighted by Gasteiger charge is -2.10. The number of rotatable bonds is 2. The van der Waals surface area contributed by atoms with Crippen LogP contribution in [0, 0.1) is 18.3 Å². The minimum absolute atomic E-state index is 0.398. The van der Waals surface area contributed by atoms with E-state index >= 15 is 0 Å². The summed E-state index contributed by atoms with van der Waals surface area (Å²) in [5.74, 6) is 1.16. The number of aromatic amines is 1. The summed E-state index contributed by atoms with van der Waals surface area (Å²) in [5, 5.41) is 8.98. The van der Waals surface area contributed by atoms with Gasteiger partial charge < -0.3 is 4.98 Å². The van der Waals surface area contributed by atoms with E-state index in [-0.39, 0.29) is 0 Å². The summed E-state index contributed by atoms with van der Waals surface area (Å²) >= 11 is 0. The molecule has 0 spiro atoms. The van der Waals surface area contributed by atoms with Crippen LogP contribution in [0.15, 0.2) is 0 Å². The third-order valence-electron chi connectivity index (χ3n) is 2.34. The number of nitrogens with zero attached hydrogens (tertiary/aromatic N) is 2. The first-order valence-corrected chi connectivity index (χ1v) is 4.86. The van der Waals surface area contributed by atoms with Crippen molar-refractivity contribution in [2.24, 2.45) is 0 Å². The molecule has 0 saturated heterocycles. The monoisotopic (exact) mass is 191 g/mol. The molecule has 0 bridgehead atoms. The van der Waals surface area contributed by atoms with Gasteiger partial charge in [0.15, 0.2) is 0 Å². The van der Waals surface area contributed by atoms with E-state index in [1.54, 1.807) is 0 Å². The summed E-state index contributed by atoms with van der Waals surface area (Å²) in [5.41, 5.74) is 1.60. The molecular formula is C11H17N3. The molecule has 1 N–H and O–H groups in total. The smallest absolute Gasteiger partial charge is 0.126 e. The van der Waals surface area contributed by atoms with Crippen LogP contribution in [-0.4, -0.2) is 9.97 Å². The zero-order valence-electron chi connectivity index (χ0n) is 9.47. The van der Waals surface area contributed by atoms with E-state index in [1.165, 1.54) is 0 Å². The van der Waals surface area contributed by atoms with Crippen molar-refractivity contribution in [1.29, 1.82) is 5.26 Å². The summed E-state index contributed by atoms with van der Waals surface area (Å²) in [4.78, 5) is 7.66. The molecule has 3 heteroatoms. The number of nitrogens with one attached hydrogen (secondary N) is 1. The van der Waals surface area contributed by atoms with Crippen LogP contribution in [0.4, 0.5) is 0 Å². The molecule has 1 aromatic rings. The van der Waals surface area contributed by atoms with Crippen LogP contribution in [0.25, 0.3) is 0 Å². The third kappa shape index (κ3) is 1.79. The Balaban J connectivity index is 3.16. The van der Waals surface area contributed by atoms with Gasteiger partial charge in [-0.3, -0.25) is 0 Å². The average molecular weight is 191 g/mol. The van der Waals surface area contributed by atoms with Crippen LogP contribution < -0.4 is 0 Å². The number of hydrogen-bond acceptors (Lipinski definition) is 2. The number of nitriles is 1. The van der Waals surface area contributed by atoms with Crippen molar-refractivity contribution in [2.75, 3.05) is 0 Å². The first-order valence-electron chi connectivity index (χ1n) is 4.86. The molecule has 3 nitrogen and oxygen atoms in total. The van der Waals surface area contributed by atoms with E-state index in [0.717, 1.165) is 17.2 Å². The van der Waals surface area contributed by atoms with Crippen LogP contribution in [0.3, 0.4) is 0 Å².